The number of aromatic nitrogens is 2. The number of anilines is 1. The first-order valence-corrected chi connectivity index (χ1v) is 10.7. The summed E-state index contributed by atoms with van der Waals surface area (Å²) in [5, 5.41) is 13.8. The SMILES string of the molecule is COc1ccccc1N1C(=S)N[C@H](c2ccccn2)[C@@H]1c1cccn1-c1ccc(O)cc1. The molecule has 1 fully saturated rings. The molecule has 6 nitrogen and oxygen atoms in total. The van der Waals surface area contributed by atoms with Crippen LogP contribution < -0.4 is 15.0 Å². The number of phenolic OH excluding ortho intramolecular Hbond substituents is 1. The Kier molecular flexibility index (Phi) is 5.25. The fourth-order valence-corrected chi connectivity index (χ4v) is 4.57. The van der Waals surface area contributed by atoms with Gasteiger partial charge in [0.1, 0.15) is 17.5 Å². The molecule has 1 saturated heterocycles. The first-order chi connectivity index (χ1) is 15.7. The van der Waals surface area contributed by atoms with Crippen molar-refractivity contribution >= 4 is 23.0 Å². The van der Waals surface area contributed by atoms with Crippen LogP contribution in [-0.2, 0) is 0 Å². The summed E-state index contributed by atoms with van der Waals surface area (Å²) in [5.41, 5.74) is 3.76. The van der Waals surface area contributed by atoms with Gasteiger partial charge in [-0.2, -0.15) is 0 Å². The molecule has 2 N–H and O–H groups in total. The summed E-state index contributed by atoms with van der Waals surface area (Å²) in [6.07, 6.45) is 3.81. The lowest BCUT2D eigenvalue weighted by Crippen LogP contribution is -2.30. The van der Waals surface area contributed by atoms with Crippen molar-refractivity contribution in [3.05, 3.63) is 103 Å². The highest BCUT2D eigenvalue weighted by molar-refractivity contribution is 7.80. The van der Waals surface area contributed by atoms with Gasteiger partial charge in [0.15, 0.2) is 5.11 Å². The Balaban J connectivity index is 1.68. The molecule has 7 heteroatoms. The molecule has 0 saturated carbocycles. The number of aromatic hydroxyl groups is 1. The van der Waals surface area contributed by atoms with Crippen LogP contribution in [0.3, 0.4) is 0 Å². The van der Waals surface area contributed by atoms with Crippen LogP contribution in [-0.4, -0.2) is 26.9 Å². The Bertz CT molecular complexity index is 1240. The summed E-state index contributed by atoms with van der Waals surface area (Å²) >= 11 is 5.82. The summed E-state index contributed by atoms with van der Waals surface area (Å²) in [6.45, 7) is 0. The highest BCUT2D eigenvalue weighted by Crippen LogP contribution is 2.44. The van der Waals surface area contributed by atoms with E-state index in [4.69, 9.17) is 17.0 Å². The number of rotatable bonds is 5. The monoisotopic (exact) mass is 442 g/mol. The van der Waals surface area contributed by atoms with E-state index in [-0.39, 0.29) is 17.8 Å². The molecule has 2 aromatic carbocycles. The van der Waals surface area contributed by atoms with Crippen LogP contribution in [0.1, 0.15) is 23.5 Å². The van der Waals surface area contributed by atoms with Crippen LogP contribution in [0, 0.1) is 0 Å². The van der Waals surface area contributed by atoms with E-state index in [1.54, 1.807) is 25.4 Å². The second-order valence-corrected chi connectivity index (χ2v) is 7.87. The van der Waals surface area contributed by atoms with Crippen LogP contribution in [0.2, 0.25) is 0 Å². The lowest BCUT2D eigenvalue weighted by atomic mass is 10.0. The van der Waals surface area contributed by atoms with Crippen molar-refractivity contribution < 1.29 is 9.84 Å². The smallest absolute Gasteiger partial charge is 0.174 e. The standard InChI is InChI=1S/C25H22N4O2S/c1-31-22-10-3-2-8-20(22)29-24(23(27-25(29)32)19-7-4-5-15-26-19)21-9-6-16-28(21)17-11-13-18(30)14-12-17/h2-16,23-24,30H,1H3,(H,27,32)/t23-,24+/m1/s1. The third-order valence-electron chi connectivity index (χ3n) is 5.65. The summed E-state index contributed by atoms with van der Waals surface area (Å²) in [5.74, 6) is 0.972. The van der Waals surface area contributed by atoms with Gasteiger partial charge in [-0.3, -0.25) is 4.98 Å². The van der Waals surface area contributed by atoms with Crippen molar-refractivity contribution in [1.82, 2.24) is 14.9 Å². The zero-order valence-corrected chi connectivity index (χ0v) is 18.2. The first-order valence-electron chi connectivity index (χ1n) is 10.3. The molecule has 2 atom stereocenters. The maximum absolute atomic E-state index is 9.74. The molecule has 0 amide bonds. The highest BCUT2D eigenvalue weighted by atomic mass is 32.1. The van der Waals surface area contributed by atoms with Crippen molar-refractivity contribution in [2.45, 2.75) is 12.1 Å². The van der Waals surface area contributed by atoms with Gasteiger partial charge in [0.05, 0.1) is 24.5 Å². The van der Waals surface area contributed by atoms with Gasteiger partial charge < -0.3 is 24.6 Å². The average Bonchev–Trinajstić information content (AvgIpc) is 3.44. The van der Waals surface area contributed by atoms with Gasteiger partial charge in [0.2, 0.25) is 0 Å². The zero-order valence-electron chi connectivity index (χ0n) is 17.4. The molecule has 0 spiro atoms. The van der Waals surface area contributed by atoms with E-state index in [1.807, 2.05) is 66.9 Å². The number of hydrogen-bond donors (Lipinski definition) is 2. The van der Waals surface area contributed by atoms with Crippen molar-refractivity contribution in [2.75, 3.05) is 12.0 Å². The lowest BCUT2D eigenvalue weighted by molar-refractivity contribution is 0.414. The molecule has 32 heavy (non-hydrogen) atoms. The molecular formula is C25H22N4O2S. The van der Waals surface area contributed by atoms with E-state index in [0.29, 0.717) is 5.11 Å². The Hall–Kier alpha value is -3.84. The Morgan fingerprint density at radius 3 is 2.50 bits per heavy atom. The summed E-state index contributed by atoms with van der Waals surface area (Å²) in [4.78, 5) is 6.71. The van der Waals surface area contributed by atoms with Gasteiger partial charge in [-0.1, -0.05) is 18.2 Å². The molecule has 4 aromatic rings. The van der Waals surface area contributed by atoms with Gasteiger partial charge in [-0.25, -0.2) is 0 Å². The van der Waals surface area contributed by atoms with Crippen molar-refractivity contribution in [1.29, 1.82) is 0 Å². The minimum Gasteiger partial charge on any atom is -0.508 e. The van der Waals surface area contributed by atoms with Crippen LogP contribution in [0.5, 0.6) is 11.5 Å². The minimum atomic E-state index is -0.183. The third kappa shape index (κ3) is 3.46. The molecular weight excluding hydrogens is 420 g/mol. The fourth-order valence-electron chi connectivity index (χ4n) is 4.23. The largest absolute Gasteiger partial charge is 0.508 e. The quantitative estimate of drug-likeness (QED) is 0.435. The number of phenols is 1. The van der Waals surface area contributed by atoms with Crippen molar-refractivity contribution in [3.8, 4) is 17.2 Å². The topological polar surface area (TPSA) is 62.5 Å². The molecule has 2 aromatic heterocycles. The number of nitrogens with one attached hydrogen (secondary N) is 1. The Labute approximate surface area is 191 Å². The van der Waals surface area contributed by atoms with E-state index in [1.165, 1.54) is 0 Å². The number of ether oxygens (including phenoxy) is 1. The molecule has 5 rings (SSSR count). The summed E-state index contributed by atoms with van der Waals surface area (Å²) in [7, 11) is 1.66. The maximum atomic E-state index is 9.74. The molecule has 1 aliphatic heterocycles. The second-order valence-electron chi connectivity index (χ2n) is 7.49. The normalized spacial score (nSPS) is 17.9. The summed E-state index contributed by atoms with van der Waals surface area (Å²) < 4.78 is 7.77. The summed E-state index contributed by atoms with van der Waals surface area (Å²) in [6, 6.07) is 24.7. The average molecular weight is 443 g/mol. The number of methoxy groups -OCH3 is 1. The second kappa shape index (κ2) is 8.36. The molecule has 0 aliphatic carbocycles. The third-order valence-corrected chi connectivity index (χ3v) is 5.97. The predicted molar refractivity (Wildman–Crippen MR) is 128 cm³/mol. The Morgan fingerprint density at radius 1 is 0.969 bits per heavy atom. The van der Waals surface area contributed by atoms with Gasteiger partial charge in [0.25, 0.3) is 0 Å². The molecule has 0 radical (unpaired) electrons. The van der Waals surface area contributed by atoms with E-state index in [2.05, 4.69) is 25.8 Å². The van der Waals surface area contributed by atoms with Crippen LogP contribution in [0.15, 0.2) is 91.3 Å². The highest BCUT2D eigenvalue weighted by Gasteiger charge is 2.43. The van der Waals surface area contributed by atoms with E-state index in [0.717, 1.165) is 28.5 Å². The Morgan fingerprint density at radius 2 is 1.75 bits per heavy atom. The molecule has 0 unspecified atom stereocenters. The molecule has 3 heterocycles. The predicted octanol–water partition coefficient (Wildman–Crippen LogP) is 4.76. The van der Waals surface area contributed by atoms with Crippen LogP contribution in [0.4, 0.5) is 5.69 Å². The molecule has 160 valence electrons. The first kappa shape index (κ1) is 20.1. The van der Waals surface area contributed by atoms with E-state index in [9.17, 15) is 5.11 Å². The molecule has 0 bridgehead atoms. The zero-order chi connectivity index (χ0) is 22.1. The minimum absolute atomic E-state index is 0.167. The fraction of sp³-hybridized carbons (Fsp3) is 0.120. The lowest BCUT2D eigenvalue weighted by Gasteiger charge is -2.30. The number of pyridine rings is 1. The van der Waals surface area contributed by atoms with E-state index < -0.39 is 0 Å². The van der Waals surface area contributed by atoms with Crippen molar-refractivity contribution in [3.63, 3.8) is 0 Å². The number of para-hydroxylation sites is 2. The van der Waals surface area contributed by atoms with E-state index >= 15 is 0 Å². The van der Waals surface area contributed by atoms with Gasteiger partial charge in [0, 0.05) is 23.8 Å². The van der Waals surface area contributed by atoms with Crippen molar-refractivity contribution in [2.24, 2.45) is 0 Å². The molecule has 1 aliphatic rings. The number of benzene rings is 2. The number of thiocarbonyl (C=S) groups is 1. The van der Waals surface area contributed by atoms with Crippen LogP contribution >= 0.6 is 12.2 Å². The number of hydrogen-bond acceptors (Lipinski definition) is 4. The van der Waals surface area contributed by atoms with Gasteiger partial charge in [-0.15, -0.1) is 0 Å². The number of nitrogens with zero attached hydrogens (tertiary/aromatic N) is 3. The van der Waals surface area contributed by atoms with Crippen LogP contribution in [0.25, 0.3) is 5.69 Å². The van der Waals surface area contributed by atoms with Gasteiger partial charge in [-0.05, 0) is 72.9 Å². The van der Waals surface area contributed by atoms with Gasteiger partial charge >= 0.3 is 0 Å². The maximum Gasteiger partial charge on any atom is 0.174 e.